The molecule has 4 nitrogen and oxygen atoms in total. The van der Waals surface area contributed by atoms with Crippen LogP contribution in [-0.2, 0) is 17.7 Å². The monoisotopic (exact) mass is 309 g/mol. The van der Waals surface area contributed by atoms with Crippen molar-refractivity contribution >= 4 is 11.3 Å². The Labute approximate surface area is 137 Å². The largest absolute Gasteiger partial charge is 0.399 e. The van der Waals surface area contributed by atoms with Crippen LogP contribution in [0.5, 0.6) is 0 Å². The summed E-state index contributed by atoms with van der Waals surface area (Å²) < 4.78 is 0. The van der Waals surface area contributed by atoms with Crippen LogP contribution >= 0.6 is 0 Å². The summed E-state index contributed by atoms with van der Waals surface area (Å²) in [5, 5.41) is 3.93. The number of rotatable bonds is 7. The molecule has 2 heterocycles. The molecule has 2 aromatic rings. The van der Waals surface area contributed by atoms with Crippen molar-refractivity contribution in [3.8, 4) is 0 Å². The highest BCUT2D eigenvalue weighted by molar-refractivity contribution is 5.96. The van der Waals surface area contributed by atoms with Crippen LogP contribution in [0.3, 0.4) is 0 Å². The number of oxime groups is 1. The Kier molecular flexibility index (Phi) is 6.03. The van der Waals surface area contributed by atoms with Crippen molar-refractivity contribution in [2.45, 2.75) is 33.1 Å². The third-order valence-corrected chi connectivity index (χ3v) is 3.52. The first-order valence-electron chi connectivity index (χ1n) is 7.76. The van der Waals surface area contributed by atoms with Crippen molar-refractivity contribution in [2.24, 2.45) is 5.16 Å². The fourth-order valence-corrected chi connectivity index (χ4v) is 2.31. The lowest BCUT2D eigenvalue weighted by Gasteiger charge is -2.06. The summed E-state index contributed by atoms with van der Waals surface area (Å²) in [6, 6.07) is 12.1. The second kappa shape index (κ2) is 8.22. The molecule has 0 bridgehead atoms. The number of hydrogen-bond acceptors (Lipinski definition) is 4. The molecule has 0 fully saturated rings. The molecule has 0 spiro atoms. The quantitative estimate of drug-likeness (QED) is 0.572. The smallest absolute Gasteiger partial charge is 0.106 e. The van der Waals surface area contributed by atoms with E-state index in [4.69, 9.17) is 4.84 Å². The first-order valence-corrected chi connectivity index (χ1v) is 7.76. The minimum Gasteiger partial charge on any atom is -0.399 e. The van der Waals surface area contributed by atoms with Crippen LogP contribution < -0.4 is 0 Å². The second-order valence-corrected chi connectivity index (χ2v) is 5.52. The van der Waals surface area contributed by atoms with E-state index in [-0.39, 0.29) is 0 Å². The van der Waals surface area contributed by atoms with Crippen molar-refractivity contribution in [3.05, 3.63) is 65.8 Å². The Morgan fingerprint density at radius 1 is 1.00 bits per heavy atom. The van der Waals surface area contributed by atoms with Crippen molar-refractivity contribution in [2.75, 3.05) is 7.11 Å². The van der Waals surface area contributed by atoms with Gasteiger partial charge < -0.3 is 4.84 Å². The van der Waals surface area contributed by atoms with E-state index in [1.165, 1.54) is 0 Å². The summed E-state index contributed by atoms with van der Waals surface area (Å²) in [7, 11) is 1.54. The van der Waals surface area contributed by atoms with Crippen LogP contribution in [-0.4, -0.2) is 22.8 Å². The van der Waals surface area contributed by atoms with Crippen molar-refractivity contribution in [1.29, 1.82) is 0 Å². The number of aryl methyl sites for hydroxylation is 2. The predicted octanol–water partition coefficient (Wildman–Crippen LogP) is 4.06. The second-order valence-electron chi connectivity index (χ2n) is 5.52. The lowest BCUT2D eigenvalue weighted by molar-refractivity contribution is 0.213. The highest BCUT2D eigenvalue weighted by Crippen LogP contribution is 2.11. The molecule has 2 rings (SSSR count). The van der Waals surface area contributed by atoms with Gasteiger partial charge in [-0.05, 0) is 62.9 Å². The number of nitrogens with zero attached hydrogens (tertiary/aromatic N) is 3. The summed E-state index contributed by atoms with van der Waals surface area (Å²) in [5.41, 5.74) is 5.75. The molecule has 4 heteroatoms. The zero-order valence-electron chi connectivity index (χ0n) is 14.0. The van der Waals surface area contributed by atoms with Crippen LogP contribution in [0.15, 0.2) is 48.1 Å². The summed E-state index contributed by atoms with van der Waals surface area (Å²) in [6.45, 7) is 7.81. The van der Waals surface area contributed by atoms with Gasteiger partial charge >= 0.3 is 0 Å². The normalized spacial score (nSPS) is 11.3. The molecule has 0 aliphatic heterocycles. The van der Waals surface area contributed by atoms with Gasteiger partial charge in [-0.2, -0.15) is 0 Å². The van der Waals surface area contributed by atoms with Gasteiger partial charge in [0.25, 0.3) is 0 Å². The standard InChI is InChI=1S/C19H23N3O/c1-14(2)18-12-6-10-16(20-18)8-5-9-17-11-7-13-19(21-17)15(3)22-23-4/h6-7,10-13H,1,5,8-9H2,2-4H3/b22-15+. The predicted molar refractivity (Wildman–Crippen MR) is 94.4 cm³/mol. The van der Waals surface area contributed by atoms with Gasteiger partial charge in [0.2, 0.25) is 0 Å². The number of aromatic nitrogens is 2. The summed E-state index contributed by atoms with van der Waals surface area (Å²) in [4.78, 5) is 14.0. The van der Waals surface area contributed by atoms with Crippen molar-refractivity contribution in [1.82, 2.24) is 9.97 Å². The van der Waals surface area contributed by atoms with E-state index in [0.29, 0.717) is 0 Å². The molecule has 23 heavy (non-hydrogen) atoms. The lowest BCUT2D eigenvalue weighted by Crippen LogP contribution is -2.03. The molecule has 0 amide bonds. The maximum Gasteiger partial charge on any atom is 0.106 e. The summed E-state index contributed by atoms with van der Waals surface area (Å²) in [5.74, 6) is 0. The molecule has 0 radical (unpaired) electrons. The summed E-state index contributed by atoms with van der Waals surface area (Å²) >= 11 is 0. The Bertz CT molecular complexity index is 707. The Morgan fingerprint density at radius 2 is 1.57 bits per heavy atom. The Morgan fingerprint density at radius 3 is 2.13 bits per heavy atom. The molecule has 0 N–H and O–H groups in total. The fraction of sp³-hybridized carbons (Fsp3) is 0.316. The molecule has 0 unspecified atom stereocenters. The van der Waals surface area contributed by atoms with E-state index < -0.39 is 0 Å². The third-order valence-electron chi connectivity index (χ3n) is 3.52. The van der Waals surface area contributed by atoms with Gasteiger partial charge in [0.05, 0.1) is 11.4 Å². The number of allylic oxidation sites excluding steroid dienone is 1. The van der Waals surface area contributed by atoms with Gasteiger partial charge in [-0.25, -0.2) is 0 Å². The lowest BCUT2D eigenvalue weighted by atomic mass is 10.1. The van der Waals surface area contributed by atoms with Crippen LogP contribution in [0.2, 0.25) is 0 Å². The molecular formula is C19H23N3O. The van der Waals surface area contributed by atoms with Gasteiger partial charge in [0.1, 0.15) is 12.8 Å². The summed E-state index contributed by atoms with van der Waals surface area (Å²) in [6.07, 6.45) is 2.84. The average Bonchev–Trinajstić information content (AvgIpc) is 2.55. The fourth-order valence-electron chi connectivity index (χ4n) is 2.31. The molecule has 2 aromatic heterocycles. The SMILES string of the molecule is C=C(C)c1cccc(CCCc2cccc(/C(C)=N/OC)n2)n1. The van der Waals surface area contributed by atoms with E-state index in [9.17, 15) is 0 Å². The topological polar surface area (TPSA) is 47.4 Å². The number of pyridine rings is 2. The van der Waals surface area contributed by atoms with Crippen LogP contribution in [0.25, 0.3) is 5.57 Å². The first kappa shape index (κ1) is 16.9. The van der Waals surface area contributed by atoms with Crippen molar-refractivity contribution in [3.63, 3.8) is 0 Å². The van der Waals surface area contributed by atoms with E-state index >= 15 is 0 Å². The number of hydrogen-bond donors (Lipinski definition) is 0. The van der Waals surface area contributed by atoms with Gasteiger partial charge in [0, 0.05) is 11.4 Å². The van der Waals surface area contributed by atoms with E-state index in [1.807, 2.05) is 44.2 Å². The molecule has 120 valence electrons. The van der Waals surface area contributed by atoms with Gasteiger partial charge in [-0.3, -0.25) is 9.97 Å². The van der Waals surface area contributed by atoms with Crippen LogP contribution in [0.1, 0.15) is 43.0 Å². The molecule has 0 aliphatic carbocycles. The maximum absolute atomic E-state index is 4.80. The van der Waals surface area contributed by atoms with E-state index in [1.54, 1.807) is 7.11 Å². The van der Waals surface area contributed by atoms with Gasteiger partial charge in [0.15, 0.2) is 0 Å². The van der Waals surface area contributed by atoms with Crippen LogP contribution in [0, 0.1) is 0 Å². The van der Waals surface area contributed by atoms with Gasteiger partial charge in [-0.15, -0.1) is 0 Å². The molecule has 0 aromatic carbocycles. The Balaban J connectivity index is 1.96. The average molecular weight is 309 g/mol. The highest BCUT2D eigenvalue weighted by atomic mass is 16.6. The molecular weight excluding hydrogens is 286 g/mol. The molecule has 0 atom stereocenters. The van der Waals surface area contributed by atoms with Crippen molar-refractivity contribution < 1.29 is 4.84 Å². The van der Waals surface area contributed by atoms with E-state index in [0.717, 1.165) is 53.3 Å². The zero-order chi connectivity index (χ0) is 16.7. The molecule has 0 saturated heterocycles. The molecule has 0 aliphatic rings. The van der Waals surface area contributed by atoms with E-state index in [2.05, 4.69) is 27.8 Å². The highest BCUT2D eigenvalue weighted by Gasteiger charge is 2.03. The molecule has 0 saturated carbocycles. The maximum atomic E-state index is 4.80. The third kappa shape index (κ3) is 5.02. The first-order chi connectivity index (χ1) is 11.1. The minimum atomic E-state index is 0.783. The Hall–Kier alpha value is -2.49. The van der Waals surface area contributed by atoms with Crippen LogP contribution in [0.4, 0.5) is 0 Å². The minimum absolute atomic E-state index is 0.783. The van der Waals surface area contributed by atoms with Gasteiger partial charge in [-0.1, -0.05) is 23.9 Å². The zero-order valence-corrected chi connectivity index (χ0v) is 14.0.